The number of hydrogen-bond donors (Lipinski definition) is 1. The summed E-state index contributed by atoms with van der Waals surface area (Å²) in [6, 6.07) is 17.2. The number of rotatable bonds is 4. The minimum absolute atomic E-state index is 0.562. The van der Waals surface area contributed by atoms with Gasteiger partial charge in [-0.2, -0.15) is 0 Å². The van der Waals surface area contributed by atoms with Crippen LogP contribution in [-0.4, -0.2) is 11.1 Å². The highest BCUT2D eigenvalue weighted by atomic mass is 32.2. The molecule has 0 aliphatic rings. The lowest BCUT2D eigenvalue weighted by molar-refractivity contribution is -0.136. The van der Waals surface area contributed by atoms with Gasteiger partial charge < -0.3 is 5.11 Å². The first-order valence-corrected chi connectivity index (χ1v) is 6.56. The zero-order valence-corrected chi connectivity index (χ0v) is 10.9. The van der Waals surface area contributed by atoms with Gasteiger partial charge in [-0.15, -0.1) is 11.8 Å². The van der Waals surface area contributed by atoms with Crippen LogP contribution in [0.25, 0.3) is 0 Å². The molecule has 2 nitrogen and oxygen atoms in total. The molecule has 2 aromatic rings. The van der Waals surface area contributed by atoms with Gasteiger partial charge in [-0.3, -0.25) is 4.79 Å². The van der Waals surface area contributed by atoms with Gasteiger partial charge in [-0.1, -0.05) is 48.0 Å². The van der Waals surface area contributed by atoms with E-state index in [1.165, 1.54) is 11.8 Å². The molecule has 0 saturated heterocycles. The predicted octanol–water partition coefficient (Wildman–Crippen LogP) is 3.91. The fourth-order valence-corrected chi connectivity index (χ4v) is 2.79. The minimum Gasteiger partial charge on any atom is -0.480 e. The first kappa shape index (κ1) is 12.7. The Morgan fingerprint density at radius 2 is 1.83 bits per heavy atom. The van der Waals surface area contributed by atoms with E-state index in [0.717, 1.165) is 16.0 Å². The van der Waals surface area contributed by atoms with Gasteiger partial charge >= 0.3 is 5.97 Å². The molecule has 0 aliphatic heterocycles. The Kier molecular flexibility index (Phi) is 4.05. The Hall–Kier alpha value is -1.74. The smallest absolute Gasteiger partial charge is 0.321 e. The lowest BCUT2D eigenvalue weighted by atomic mass is 10.1. The molecule has 0 aliphatic carbocycles. The maximum atomic E-state index is 11.4. The summed E-state index contributed by atoms with van der Waals surface area (Å²) in [5.41, 5.74) is 1.95. The number of aliphatic carboxylic acids is 1. The summed E-state index contributed by atoms with van der Waals surface area (Å²) in [7, 11) is 0. The van der Waals surface area contributed by atoms with Crippen LogP contribution in [0.1, 0.15) is 16.4 Å². The van der Waals surface area contributed by atoms with Crippen molar-refractivity contribution in [2.45, 2.75) is 17.1 Å². The zero-order valence-electron chi connectivity index (χ0n) is 10.0. The van der Waals surface area contributed by atoms with Crippen molar-refractivity contribution in [3.8, 4) is 0 Å². The highest BCUT2D eigenvalue weighted by molar-refractivity contribution is 8.00. The molecule has 0 spiro atoms. The number of aryl methyl sites for hydroxylation is 1. The monoisotopic (exact) mass is 258 g/mol. The Morgan fingerprint density at radius 3 is 2.44 bits per heavy atom. The molecule has 3 heteroatoms. The zero-order chi connectivity index (χ0) is 13.0. The van der Waals surface area contributed by atoms with E-state index in [9.17, 15) is 9.90 Å². The Labute approximate surface area is 111 Å². The molecule has 0 amide bonds. The Bertz CT molecular complexity index is 537. The minimum atomic E-state index is -0.812. The third-order valence-corrected chi connectivity index (χ3v) is 3.81. The van der Waals surface area contributed by atoms with E-state index in [4.69, 9.17) is 0 Å². The van der Waals surface area contributed by atoms with Crippen LogP contribution in [0.15, 0.2) is 59.5 Å². The molecular formula is C15H14O2S. The third-order valence-electron chi connectivity index (χ3n) is 2.57. The van der Waals surface area contributed by atoms with Crippen molar-refractivity contribution in [1.29, 1.82) is 0 Å². The molecular weight excluding hydrogens is 244 g/mol. The van der Waals surface area contributed by atoms with Crippen LogP contribution in [0.5, 0.6) is 0 Å². The van der Waals surface area contributed by atoms with Crippen molar-refractivity contribution < 1.29 is 9.90 Å². The quantitative estimate of drug-likeness (QED) is 0.845. The average Bonchev–Trinajstić information content (AvgIpc) is 2.37. The molecule has 0 aromatic heterocycles. The van der Waals surface area contributed by atoms with Gasteiger partial charge in [0.15, 0.2) is 0 Å². The highest BCUT2D eigenvalue weighted by Gasteiger charge is 2.20. The van der Waals surface area contributed by atoms with Crippen molar-refractivity contribution in [3.05, 3.63) is 65.7 Å². The van der Waals surface area contributed by atoms with Gasteiger partial charge in [0.2, 0.25) is 0 Å². The summed E-state index contributed by atoms with van der Waals surface area (Å²) in [5.74, 6) is -0.812. The third kappa shape index (κ3) is 3.14. The molecule has 2 aromatic carbocycles. The average molecular weight is 258 g/mol. The fraction of sp³-hybridized carbons (Fsp3) is 0.133. The van der Waals surface area contributed by atoms with Crippen molar-refractivity contribution in [2.75, 3.05) is 0 Å². The lowest BCUT2D eigenvalue weighted by Crippen LogP contribution is -2.07. The van der Waals surface area contributed by atoms with Crippen LogP contribution in [0.2, 0.25) is 0 Å². The molecule has 1 N–H and O–H groups in total. The summed E-state index contributed by atoms with van der Waals surface area (Å²) < 4.78 is 0. The van der Waals surface area contributed by atoms with E-state index in [1.807, 2.05) is 61.5 Å². The molecule has 0 fully saturated rings. The van der Waals surface area contributed by atoms with Crippen LogP contribution in [0, 0.1) is 6.92 Å². The molecule has 1 unspecified atom stereocenters. The first-order chi connectivity index (χ1) is 8.66. The van der Waals surface area contributed by atoms with Crippen molar-refractivity contribution in [1.82, 2.24) is 0 Å². The molecule has 0 saturated carbocycles. The van der Waals surface area contributed by atoms with Gasteiger partial charge in [0.1, 0.15) is 5.25 Å². The summed E-state index contributed by atoms with van der Waals surface area (Å²) in [4.78, 5) is 12.3. The second kappa shape index (κ2) is 5.74. The summed E-state index contributed by atoms with van der Waals surface area (Å²) >= 11 is 1.36. The maximum absolute atomic E-state index is 11.4. The standard InChI is InChI=1S/C15H14O2S/c1-11-6-5-9-13(10-11)18-14(15(16)17)12-7-3-2-4-8-12/h2-10,14H,1H3,(H,16,17). The van der Waals surface area contributed by atoms with Crippen LogP contribution < -0.4 is 0 Å². The number of thioether (sulfide) groups is 1. The second-order valence-corrected chi connectivity index (χ2v) is 5.24. The van der Waals surface area contributed by atoms with Crippen LogP contribution >= 0.6 is 11.8 Å². The van der Waals surface area contributed by atoms with E-state index in [-0.39, 0.29) is 0 Å². The molecule has 1 atom stereocenters. The highest BCUT2D eigenvalue weighted by Crippen LogP contribution is 2.35. The number of hydrogen-bond acceptors (Lipinski definition) is 2. The largest absolute Gasteiger partial charge is 0.480 e. The van der Waals surface area contributed by atoms with Crippen molar-refractivity contribution >= 4 is 17.7 Å². The fourth-order valence-electron chi connectivity index (χ4n) is 1.71. The molecule has 0 radical (unpaired) electrons. The maximum Gasteiger partial charge on any atom is 0.321 e. The van der Waals surface area contributed by atoms with Crippen LogP contribution in [-0.2, 0) is 4.79 Å². The van der Waals surface area contributed by atoms with Gasteiger partial charge in [0.25, 0.3) is 0 Å². The van der Waals surface area contributed by atoms with Crippen molar-refractivity contribution in [2.24, 2.45) is 0 Å². The Morgan fingerprint density at radius 1 is 1.11 bits per heavy atom. The number of carboxylic acid groups (broad SMARTS) is 1. The van der Waals surface area contributed by atoms with Gasteiger partial charge in [0.05, 0.1) is 0 Å². The summed E-state index contributed by atoms with van der Waals surface area (Å²) in [6.07, 6.45) is 0. The Balaban J connectivity index is 2.25. The van der Waals surface area contributed by atoms with Crippen molar-refractivity contribution in [3.63, 3.8) is 0 Å². The van der Waals surface area contributed by atoms with Crippen LogP contribution in [0.3, 0.4) is 0 Å². The van der Waals surface area contributed by atoms with E-state index in [1.54, 1.807) is 0 Å². The molecule has 0 heterocycles. The van der Waals surface area contributed by atoms with E-state index in [0.29, 0.717) is 0 Å². The van der Waals surface area contributed by atoms with E-state index < -0.39 is 11.2 Å². The van der Waals surface area contributed by atoms with E-state index >= 15 is 0 Å². The molecule has 2 rings (SSSR count). The van der Waals surface area contributed by atoms with E-state index in [2.05, 4.69) is 0 Å². The summed E-state index contributed by atoms with van der Waals surface area (Å²) in [6.45, 7) is 2.00. The lowest BCUT2D eigenvalue weighted by Gasteiger charge is -2.12. The molecule has 18 heavy (non-hydrogen) atoms. The van der Waals surface area contributed by atoms with Crippen LogP contribution in [0.4, 0.5) is 0 Å². The first-order valence-electron chi connectivity index (χ1n) is 5.68. The molecule has 0 bridgehead atoms. The van der Waals surface area contributed by atoms with Gasteiger partial charge in [-0.05, 0) is 24.6 Å². The summed E-state index contributed by atoms with van der Waals surface area (Å²) in [5, 5.41) is 8.77. The topological polar surface area (TPSA) is 37.3 Å². The predicted molar refractivity (Wildman–Crippen MR) is 73.9 cm³/mol. The number of benzene rings is 2. The van der Waals surface area contributed by atoms with Gasteiger partial charge in [-0.25, -0.2) is 0 Å². The molecule has 92 valence electrons. The van der Waals surface area contributed by atoms with Gasteiger partial charge in [0, 0.05) is 4.90 Å². The number of carboxylic acids is 1. The normalized spacial score (nSPS) is 12.1. The SMILES string of the molecule is Cc1cccc(SC(C(=O)O)c2ccccc2)c1. The number of carbonyl (C=O) groups is 1. The second-order valence-electron chi connectivity index (χ2n) is 4.06.